The van der Waals surface area contributed by atoms with E-state index in [1.165, 1.54) is 0 Å². The SMILES string of the molecule is Cc1nn2cccnc2c1C(=O)NC(C)c1nc2cccc(C#Cc3c[nH]c4ccccc34)c2c(=O)n1-c1ccccc1. The number of hydrogen-bond donors (Lipinski definition) is 2. The van der Waals surface area contributed by atoms with Crippen LogP contribution in [0.4, 0.5) is 0 Å². The quantitative estimate of drug-likeness (QED) is 0.289. The van der Waals surface area contributed by atoms with Crippen LogP contribution in [0.15, 0.2) is 102 Å². The van der Waals surface area contributed by atoms with Crippen LogP contribution in [0.3, 0.4) is 0 Å². The molecule has 43 heavy (non-hydrogen) atoms. The lowest BCUT2D eigenvalue weighted by molar-refractivity contribution is 0.0938. The molecule has 0 radical (unpaired) electrons. The molecule has 0 spiro atoms. The highest BCUT2D eigenvalue weighted by Gasteiger charge is 2.24. The van der Waals surface area contributed by atoms with E-state index < -0.39 is 6.04 Å². The third kappa shape index (κ3) is 4.51. The maximum absolute atomic E-state index is 14.3. The Hall–Kier alpha value is -6.01. The summed E-state index contributed by atoms with van der Waals surface area (Å²) >= 11 is 0. The standard InChI is InChI=1S/C34H25N7O2/c1-21-29(32-35-18-9-19-40(32)39-21)33(42)37-22(2)31-38-28-15-8-10-23(16-17-24-20-36-27-14-7-6-13-26(24)27)30(28)34(43)41(31)25-11-4-3-5-12-25/h3-15,18-20,22,36H,1-2H3,(H,37,42). The molecule has 0 saturated carbocycles. The summed E-state index contributed by atoms with van der Waals surface area (Å²) in [6.07, 6.45) is 5.23. The number of H-pyrrole nitrogens is 1. The monoisotopic (exact) mass is 563 g/mol. The summed E-state index contributed by atoms with van der Waals surface area (Å²) in [7, 11) is 0. The molecule has 0 bridgehead atoms. The zero-order valence-corrected chi connectivity index (χ0v) is 23.4. The lowest BCUT2D eigenvalue weighted by Gasteiger charge is -2.20. The molecule has 7 rings (SSSR count). The van der Waals surface area contributed by atoms with E-state index in [2.05, 4.69) is 32.2 Å². The van der Waals surface area contributed by atoms with E-state index >= 15 is 0 Å². The summed E-state index contributed by atoms with van der Waals surface area (Å²) in [6.45, 7) is 3.57. The predicted molar refractivity (Wildman–Crippen MR) is 165 cm³/mol. The molecule has 0 aliphatic heterocycles. The number of carbonyl (C=O) groups excluding carboxylic acids is 1. The van der Waals surface area contributed by atoms with E-state index in [9.17, 15) is 9.59 Å². The average molecular weight is 564 g/mol. The van der Waals surface area contributed by atoms with Crippen molar-refractivity contribution in [2.24, 2.45) is 0 Å². The fraction of sp³-hybridized carbons (Fsp3) is 0.0882. The van der Waals surface area contributed by atoms with E-state index in [0.717, 1.165) is 16.5 Å². The second-order valence-corrected chi connectivity index (χ2v) is 10.2. The molecule has 0 aliphatic rings. The van der Waals surface area contributed by atoms with Gasteiger partial charge in [-0.25, -0.2) is 14.5 Å². The number of nitrogens with one attached hydrogen (secondary N) is 2. The van der Waals surface area contributed by atoms with Gasteiger partial charge in [-0.2, -0.15) is 5.10 Å². The van der Waals surface area contributed by atoms with Gasteiger partial charge in [0.15, 0.2) is 5.65 Å². The van der Waals surface area contributed by atoms with Crippen molar-refractivity contribution in [2.45, 2.75) is 19.9 Å². The van der Waals surface area contributed by atoms with Crippen LogP contribution in [0, 0.1) is 18.8 Å². The number of nitrogens with zero attached hydrogens (tertiary/aromatic N) is 5. The van der Waals surface area contributed by atoms with Gasteiger partial charge < -0.3 is 10.3 Å². The van der Waals surface area contributed by atoms with Crippen molar-refractivity contribution in [3.05, 3.63) is 136 Å². The fourth-order valence-electron chi connectivity index (χ4n) is 5.37. The molecule has 4 aromatic heterocycles. The molecule has 208 valence electrons. The third-order valence-electron chi connectivity index (χ3n) is 7.39. The zero-order valence-electron chi connectivity index (χ0n) is 23.4. The molecule has 1 amide bonds. The van der Waals surface area contributed by atoms with Crippen molar-refractivity contribution < 1.29 is 4.79 Å². The zero-order chi connectivity index (χ0) is 29.5. The maximum atomic E-state index is 14.3. The van der Waals surface area contributed by atoms with Crippen LogP contribution in [-0.4, -0.2) is 35.0 Å². The number of rotatable bonds is 4. The Kier molecular flexibility index (Phi) is 6.29. The van der Waals surface area contributed by atoms with Gasteiger partial charge >= 0.3 is 0 Å². The number of benzene rings is 3. The summed E-state index contributed by atoms with van der Waals surface area (Å²) in [5.74, 6) is 6.48. The third-order valence-corrected chi connectivity index (χ3v) is 7.39. The number of amides is 1. The summed E-state index contributed by atoms with van der Waals surface area (Å²) in [5.41, 5.74) is 4.63. The van der Waals surface area contributed by atoms with E-state index in [4.69, 9.17) is 4.98 Å². The first kappa shape index (κ1) is 25.9. The van der Waals surface area contributed by atoms with Crippen LogP contribution < -0.4 is 10.9 Å². The Balaban J connectivity index is 1.35. The van der Waals surface area contributed by atoms with E-state index in [1.54, 1.807) is 47.5 Å². The van der Waals surface area contributed by atoms with Crippen LogP contribution in [0.25, 0.3) is 33.1 Å². The molecule has 0 aliphatic carbocycles. The predicted octanol–water partition coefficient (Wildman–Crippen LogP) is 5.11. The minimum absolute atomic E-state index is 0.273. The van der Waals surface area contributed by atoms with Gasteiger partial charge in [-0.3, -0.25) is 14.2 Å². The highest BCUT2D eigenvalue weighted by Crippen LogP contribution is 2.22. The van der Waals surface area contributed by atoms with Crippen molar-refractivity contribution in [2.75, 3.05) is 0 Å². The number of aromatic nitrogens is 6. The molecule has 2 N–H and O–H groups in total. The van der Waals surface area contributed by atoms with Crippen LogP contribution in [0.5, 0.6) is 0 Å². The highest BCUT2D eigenvalue weighted by atomic mass is 16.2. The smallest absolute Gasteiger partial charge is 0.267 e. The van der Waals surface area contributed by atoms with Crippen LogP contribution >= 0.6 is 0 Å². The average Bonchev–Trinajstić information content (AvgIpc) is 3.60. The van der Waals surface area contributed by atoms with Crippen molar-refractivity contribution in [1.82, 2.24) is 34.4 Å². The second-order valence-electron chi connectivity index (χ2n) is 10.2. The highest BCUT2D eigenvalue weighted by molar-refractivity contribution is 6.01. The Morgan fingerprint density at radius 1 is 0.953 bits per heavy atom. The largest absolute Gasteiger partial charge is 0.360 e. The number of fused-ring (bicyclic) bond motifs is 3. The van der Waals surface area contributed by atoms with E-state index in [0.29, 0.717) is 44.9 Å². The van der Waals surface area contributed by atoms with Crippen molar-refractivity contribution in [3.8, 4) is 17.5 Å². The molecule has 9 nitrogen and oxygen atoms in total. The van der Waals surface area contributed by atoms with Gasteiger partial charge in [0.05, 0.1) is 33.9 Å². The lowest BCUT2D eigenvalue weighted by atomic mass is 10.1. The first-order valence-electron chi connectivity index (χ1n) is 13.8. The molecule has 9 heteroatoms. The summed E-state index contributed by atoms with van der Waals surface area (Å²) < 4.78 is 3.12. The Morgan fingerprint density at radius 2 is 1.74 bits per heavy atom. The number of aryl methyl sites for hydroxylation is 1. The van der Waals surface area contributed by atoms with Crippen LogP contribution in [-0.2, 0) is 0 Å². The lowest BCUT2D eigenvalue weighted by Crippen LogP contribution is -2.33. The number of para-hydroxylation sites is 2. The van der Waals surface area contributed by atoms with Crippen molar-refractivity contribution in [1.29, 1.82) is 0 Å². The van der Waals surface area contributed by atoms with Crippen molar-refractivity contribution >= 4 is 33.4 Å². The van der Waals surface area contributed by atoms with Gasteiger partial charge in [0, 0.05) is 35.1 Å². The van der Waals surface area contributed by atoms with Crippen LogP contribution in [0.2, 0.25) is 0 Å². The molecule has 1 atom stereocenters. The molecule has 7 aromatic rings. The molecule has 3 aromatic carbocycles. The Bertz CT molecular complexity index is 2300. The maximum Gasteiger partial charge on any atom is 0.267 e. The van der Waals surface area contributed by atoms with Gasteiger partial charge in [-0.05, 0) is 50.2 Å². The number of aromatic amines is 1. The molecular formula is C34H25N7O2. The molecule has 4 heterocycles. The Morgan fingerprint density at radius 3 is 2.60 bits per heavy atom. The van der Waals surface area contributed by atoms with Gasteiger partial charge in [0.25, 0.3) is 11.5 Å². The second kappa shape index (κ2) is 10.4. The van der Waals surface area contributed by atoms with Crippen molar-refractivity contribution in [3.63, 3.8) is 0 Å². The minimum Gasteiger partial charge on any atom is -0.360 e. The molecular weight excluding hydrogens is 538 g/mol. The van der Waals surface area contributed by atoms with E-state index in [1.807, 2.05) is 72.9 Å². The first-order valence-corrected chi connectivity index (χ1v) is 13.8. The van der Waals surface area contributed by atoms with E-state index in [-0.39, 0.29) is 11.5 Å². The topological polar surface area (TPSA) is 110 Å². The fourth-order valence-corrected chi connectivity index (χ4v) is 5.37. The minimum atomic E-state index is -0.635. The summed E-state index contributed by atoms with van der Waals surface area (Å²) in [6, 6.07) is 23.8. The number of carbonyl (C=O) groups is 1. The molecule has 1 unspecified atom stereocenters. The molecule has 0 saturated heterocycles. The summed E-state index contributed by atoms with van der Waals surface area (Å²) in [5, 5.41) is 8.85. The summed E-state index contributed by atoms with van der Waals surface area (Å²) in [4.78, 5) is 40.3. The molecule has 0 fully saturated rings. The number of hydrogen-bond acceptors (Lipinski definition) is 5. The van der Waals surface area contributed by atoms with Gasteiger partial charge in [-0.15, -0.1) is 0 Å². The van der Waals surface area contributed by atoms with Gasteiger partial charge in [-0.1, -0.05) is 54.3 Å². The van der Waals surface area contributed by atoms with Crippen LogP contribution in [0.1, 0.15) is 46.0 Å². The normalized spacial score (nSPS) is 11.9. The first-order chi connectivity index (χ1) is 21.0. The Labute approximate surface area is 245 Å². The van der Waals surface area contributed by atoms with Gasteiger partial charge in [0.2, 0.25) is 0 Å². The van der Waals surface area contributed by atoms with Gasteiger partial charge in [0.1, 0.15) is 11.4 Å².